The second kappa shape index (κ2) is 17.1. The van der Waals surface area contributed by atoms with Gasteiger partial charge in [0, 0.05) is 44.0 Å². The van der Waals surface area contributed by atoms with Gasteiger partial charge in [0.1, 0.15) is 17.2 Å². The third-order valence-corrected chi connectivity index (χ3v) is 10.3. The number of aryl methyl sites for hydroxylation is 2. The Kier molecular flexibility index (Phi) is 13.1. The molecule has 1 aromatic heterocycles. The van der Waals surface area contributed by atoms with E-state index in [4.69, 9.17) is 18.7 Å². The zero-order valence-electron chi connectivity index (χ0n) is 29.8. The normalized spacial score (nSPS) is 19.8. The molecule has 3 N–H and O–H groups in total. The van der Waals surface area contributed by atoms with Crippen LogP contribution in [0.1, 0.15) is 61.8 Å². The Morgan fingerprint density at radius 1 is 1.14 bits per heavy atom. The fourth-order valence-corrected chi connectivity index (χ4v) is 7.14. The van der Waals surface area contributed by atoms with Crippen molar-refractivity contribution in [2.24, 2.45) is 5.92 Å². The van der Waals surface area contributed by atoms with E-state index in [0.717, 1.165) is 12.8 Å². The third kappa shape index (κ3) is 9.67. The number of carbonyl (C=O) groups is 2. The van der Waals surface area contributed by atoms with Crippen LogP contribution in [0.15, 0.2) is 51.9 Å². The number of nitrogens with zero attached hydrogens (tertiary/aromatic N) is 3. The number of rotatable bonds is 9. The molecule has 1 aliphatic heterocycles. The van der Waals surface area contributed by atoms with Gasteiger partial charge in [-0.1, -0.05) is 12.1 Å². The number of amides is 3. The first-order valence-corrected chi connectivity index (χ1v) is 18.2. The smallest absolute Gasteiger partial charge is 0.321 e. The van der Waals surface area contributed by atoms with Gasteiger partial charge in [-0.25, -0.2) is 13.2 Å². The number of aliphatic hydroxyl groups is 1. The Labute approximate surface area is 294 Å². The van der Waals surface area contributed by atoms with Crippen LogP contribution in [-0.4, -0.2) is 99.1 Å². The lowest BCUT2D eigenvalue weighted by Crippen LogP contribution is -2.48. The summed E-state index contributed by atoms with van der Waals surface area (Å²) in [4.78, 5) is 30.6. The van der Waals surface area contributed by atoms with E-state index in [1.807, 2.05) is 13.8 Å². The van der Waals surface area contributed by atoms with Crippen LogP contribution in [0.5, 0.6) is 11.5 Å². The third-order valence-electron chi connectivity index (χ3n) is 8.68. The van der Waals surface area contributed by atoms with E-state index in [1.54, 1.807) is 56.3 Å². The monoisotopic (exact) mass is 715 g/mol. The first kappa shape index (κ1) is 38.5. The van der Waals surface area contributed by atoms with Crippen molar-refractivity contribution in [3.8, 4) is 11.5 Å². The first-order valence-electron chi connectivity index (χ1n) is 16.7. The highest BCUT2D eigenvalue weighted by molar-refractivity contribution is 7.92. The Balaban J connectivity index is 1.62. The molecule has 15 heteroatoms. The number of likely N-dealkylation sites (N-methyl/N-ethyl adjacent to an activating group) is 1. The molecular formula is C35H49N5O9S. The fourth-order valence-electron chi connectivity index (χ4n) is 5.76. The standard InChI is InChI=1S/C35H49N5O9S/c1-22-19-40(23(2)21-41)34(42)30-18-28(38-50(44,45)33-25(4)37-49-26(33)5)13-16-31(30)48-24(3)10-8-9-17-47-32(22)20-39(6)35(43)36-27-11-14-29(46-7)15-12-27/h11-16,18,22-24,32,38,41H,8-10,17,19-21H2,1-7H3,(H,36,43)/t22-,23-,24-,32-/m0/s1. The van der Waals surface area contributed by atoms with Gasteiger partial charge < -0.3 is 39.0 Å². The van der Waals surface area contributed by atoms with Gasteiger partial charge in [-0.05, 0) is 89.4 Å². The number of anilines is 2. The van der Waals surface area contributed by atoms with Crippen molar-refractivity contribution >= 4 is 33.3 Å². The summed E-state index contributed by atoms with van der Waals surface area (Å²) in [5.41, 5.74) is 1.09. The van der Waals surface area contributed by atoms with Gasteiger partial charge in [0.05, 0.1) is 37.5 Å². The highest BCUT2D eigenvalue weighted by atomic mass is 32.2. The minimum absolute atomic E-state index is 0.0770. The molecule has 4 atom stereocenters. The van der Waals surface area contributed by atoms with Crippen molar-refractivity contribution in [3.63, 3.8) is 0 Å². The van der Waals surface area contributed by atoms with Crippen LogP contribution in [0.4, 0.5) is 16.2 Å². The summed E-state index contributed by atoms with van der Waals surface area (Å²) in [5.74, 6) is 0.370. The molecule has 2 heterocycles. The van der Waals surface area contributed by atoms with Crippen molar-refractivity contribution in [2.75, 3.05) is 50.5 Å². The van der Waals surface area contributed by atoms with Crippen LogP contribution in [0, 0.1) is 19.8 Å². The van der Waals surface area contributed by atoms with Crippen LogP contribution in [-0.2, 0) is 14.8 Å². The lowest BCUT2D eigenvalue weighted by atomic mass is 10.0. The molecule has 3 aromatic rings. The van der Waals surface area contributed by atoms with E-state index in [-0.39, 0.29) is 65.3 Å². The molecule has 0 saturated carbocycles. The van der Waals surface area contributed by atoms with Gasteiger partial charge in [0.25, 0.3) is 15.9 Å². The van der Waals surface area contributed by atoms with Crippen LogP contribution >= 0.6 is 0 Å². The second-order valence-corrected chi connectivity index (χ2v) is 14.4. The number of carbonyl (C=O) groups excluding carboxylic acids is 2. The summed E-state index contributed by atoms with van der Waals surface area (Å²) in [7, 11) is -0.846. The minimum Gasteiger partial charge on any atom is -0.497 e. The number of fused-ring (bicyclic) bond motifs is 1. The van der Waals surface area contributed by atoms with Crippen LogP contribution in [0.3, 0.4) is 0 Å². The lowest BCUT2D eigenvalue weighted by molar-refractivity contribution is -0.0115. The van der Waals surface area contributed by atoms with Gasteiger partial charge in [0.15, 0.2) is 10.7 Å². The van der Waals surface area contributed by atoms with Crippen molar-refractivity contribution < 1.29 is 41.8 Å². The summed E-state index contributed by atoms with van der Waals surface area (Å²) in [6.45, 7) is 9.15. The maximum atomic E-state index is 14.4. The molecule has 0 radical (unpaired) electrons. The molecule has 2 aromatic carbocycles. The average Bonchev–Trinajstić information content (AvgIpc) is 3.44. The maximum Gasteiger partial charge on any atom is 0.321 e. The molecule has 0 spiro atoms. The predicted molar refractivity (Wildman–Crippen MR) is 188 cm³/mol. The maximum absolute atomic E-state index is 14.4. The second-order valence-electron chi connectivity index (χ2n) is 12.8. The molecule has 0 fully saturated rings. The van der Waals surface area contributed by atoms with Crippen molar-refractivity contribution in [2.45, 2.75) is 77.0 Å². The topological polar surface area (TPSA) is 173 Å². The van der Waals surface area contributed by atoms with Gasteiger partial charge in [-0.2, -0.15) is 0 Å². The zero-order chi connectivity index (χ0) is 36.6. The van der Waals surface area contributed by atoms with Crippen molar-refractivity contribution in [1.29, 1.82) is 0 Å². The van der Waals surface area contributed by atoms with Gasteiger partial charge in [-0.15, -0.1) is 0 Å². The number of urea groups is 1. The van der Waals surface area contributed by atoms with Crippen LogP contribution in [0.25, 0.3) is 0 Å². The molecule has 4 rings (SSSR count). The zero-order valence-corrected chi connectivity index (χ0v) is 30.6. The summed E-state index contributed by atoms with van der Waals surface area (Å²) < 4.78 is 52.1. The summed E-state index contributed by atoms with van der Waals surface area (Å²) in [5, 5.41) is 16.9. The van der Waals surface area contributed by atoms with E-state index < -0.39 is 28.1 Å². The molecule has 0 bridgehead atoms. The SMILES string of the molecule is COc1ccc(NC(=O)N(C)C[C@@H]2OCCCC[C@H](C)Oc3ccc(NS(=O)(=O)c4c(C)noc4C)cc3C(=O)N([C@@H](C)CO)C[C@@H]2C)cc1. The number of benzene rings is 2. The Hall–Kier alpha value is -4.34. The van der Waals surface area contributed by atoms with E-state index in [2.05, 4.69) is 15.2 Å². The summed E-state index contributed by atoms with van der Waals surface area (Å²) in [6, 6.07) is 10.6. The molecule has 0 aliphatic carbocycles. The van der Waals surface area contributed by atoms with Crippen molar-refractivity contribution in [1.82, 2.24) is 15.0 Å². The van der Waals surface area contributed by atoms with E-state index in [0.29, 0.717) is 30.2 Å². The first-order chi connectivity index (χ1) is 23.7. The van der Waals surface area contributed by atoms with Gasteiger partial charge in [0.2, 0.25) is 0 Å². The molecule has 0 unspecified atom stereocenters. The average molecular weight is 716 g/mol. The predicted octanol–water partition coefficient (Wildman–Crippen LogP) is 5.06. The number of aromatic nitrogens is 1. The van der Waals surface area contributed by atoms with Crippen LogP contribution in [0.2, 0.25) is 0 Å². The molecular weight excluding hydrogens is 666 g/mol. The fraction of sp³-hybridized carbons (Fsp3) is 0.514. The minimum atomic E-state index is -4.10. The quantitative estimate of drug-likeness (QED) is 0.272. The number of hydrogen-bond donors (Lipinski definition) is 3. The highest BCUT2D eigenvalue weighted by Crippen LogP contribution is 2.30. The Morgan fingerprint density at radius 3 is 2.48 bits per heavy atom. The largest absolute Gasteiger partial charge is 0.497 e. The number of hydrogen-bond acceptors (Lipinski definition) is 10. The molecule has 1 aliphatic rings. The van der Waals surface area contributed by atoms with Crippen molar-refractivity contribution in [3.05, 3.63) is 59.5 Å². The highest BCUT2D eigenvalue weighted by Gasteiger charge is 2.32. The number of methoxy groups -OCH3 is 1. The van der Waals surface area contributed by atoms with E-state index >= 15 is 0 Å². The molecule has 274 valence electrons. The summed E-state index contributed by atoms with van der Waals surface area (Å²) in [6.07, 6.45) is 1.51. The number of sulfonamides is 1. The Bertz CT molecular complexity index is 1690. The van der Waals surface area contributed by atoms with Crippen LogP contribution < -0.4 is 19.5 Å². The molecule has 50 heavy (non-hydrogen) atoms. The van der Waals surface area contributed by atoms with Gasteiger partial charge >= 0.3 is 6.03 Å². The summed E-state index contributed by atoms with van der Waals surface area (Å²) >= 11 is 0. The molecule has 14 nitrogen and oxygen atoms in total. The molecule has 0 saturated heterocycles. The van der Waals surface area contributed by atoms with E-state index in [1.165, 1.54) is 30.9 Å². The molecule has 3 amide bonds. The van der Waals surface area contributed by atoms with E-state index in [9.17, 15) is 23.1 Å². The van der Waals surface area contributed by atoms with Gasteiger partial charge in [-0.3, -0.25) is 9.52 Å². The number of aliphatic hydroxyl groups excluding tert-OH is 1. The Morgan fingerprint density at radius 2 is 1.84 bits per heavy atom. The number of ether oxygens (including phenoxy) is 3. The number of nitrogens with one attached hydrogen (secondary N) is 2. The lowest BCUT2D eigenvalue weighted by Gasteiger charge is -2.35.